The highest BCUT2D eigenvalue weighted by molar-refractivity contribution is 5.78. The van der Waals surface area contributed by atoms with E-state index in [1.807, 2.05) is 0 Å². The topological polar surface area (TPSA) is 53.1 Å². The summed E-state index contributed by atoms with van der Waals surface area (Å²) in [4.78, 5) is 0. The van der Waals surface area contributed by atoms with E-state index < -0.39 is 11.9 Å². The molecule has 0 aliphatic rings. The van der Waals surface area contributed by atoms with Gasteiger partial charge in [0.25, 0.3) is 0 Å². The number of aromatic nitrogens is 2. The molecule has 0 fully saturated rings. The van der Waals surface area contributed by atoms with Crippen LogP contribution >= 0.6 is 0 Å². The van der Waals surface area contributed by atoms with E-state index in [4.69, 9.17) is 10.5 Å². The lowest BCUT2D eigenvalue weighted by Gasteiger charge is -2.10. The van der Waals surface area contributed by atoms with Crippen LogP contribution in [-0.2, 0) is 13.2 Å². The third-order valence-electron chi connectivity index (χ3n) is 3.06. The minimum atomic E-state index is -4.57. The smallest absolute Gasteiger partial charge is 0.435 e. The second-order valence-corrected chi connectivity index (χ2v) is 4.41. The van der Waals surface area contributed by atoms with Crippen LogP contribution in [-0.4, -0.2) is 16.9 Å². The number of ether oxygens (including phenoxy) is 1. The highest BCUT2D eigenvalue weighted by Gasteiger charge is 2.39. The molecule has 0 spiro atoms. The number of hydrogen-bond donors (Lipinski definition) is 1. The van der Waals surface area contributed by atoms with Crippen LogP contribution in [0.3, 0.4) is 0 Å². The zero-order chi connectivity index (χ0) is 15.1. The van der Waals surface area contributed by atoms with Crippen molar-refractivity contribution in [2.45, 2.75) is 13.1 Å². The monoisotopic (exact) mass is 285 g/mol. The molecule has 2 N–H and O–H groups in total. The molecule has 0 amide bonds. The van der Waals surface area contributed by atoms with Gasteiger partial charge >= 0.3 is 6.18 Å². The van der Waals surface area contributed by atoms with Crippen LogP contribution in [0.1, 0.15) is 11.3 Å². The van der Waals surface area contributed by atoms with E-state index in [1.165, 1.54) is 20.2 Å². The maximum Gasteiger partial charge on any atom is 0.435 e. The molecule has 0 saturated carbocycles. The van der Waals surface area contributed by atoms with Crippen molar-refractivity contribution in [3.63, 3.8) is 0 Å². The molecular formula is C13H14F3N3O. The number of hydrogen-bond acceptors (Lipinski definition) is 3. The summed E-state index contributed by atoms with van der Waals surface area (Å²) >= 11 is 0. The molecule has 0 unspecified atom stereocenters. The molecule has 2 aromatic rings. The van der Waals surface area contributed by atoms with Crippen molar-refractivity contribution in [1.82, 2.24) is 9.78 Å². The summed E-state index contributed by atoms with van der Waals surface area (Å²) in [7, 11) is 2.84. The first-order chi connectivity index (χ1) is 9.25. The van der Waals surface area contributed by atoms with Gasteiger partial charge in [0.2, 0.25) is 0 Å². The first-order valence-electron chi connectivity index (χ1n) is 5.80. The molecule has 0 aliphatic heterocycles. The molecule has 0 saturated heterocycles. The van der Waals surface area contributed by atoms with Gasteiger partial charge in [-0.1, -0.05) is 12.1 Å². The Bertz CT molecular complexity index is 647. The summed E-state index contributed by atoms with van der Waals surface area (Å²) < 4.78 is 45.2. The van der Waals surface area contributed by atoms with Gasteiger partial charge in [-0.25, -0.2) is 0 Å². The summed E-state index contributed by atoms with van der Waals surface area (Å²) in [5.41, 5.74) is 5.75. The van der Waals surface area contributed by atoms with E-state index in [0.29, 0.717) is 11.3 Å². The summed E-state index contributed by atoms with van der Waals surface area (Å²) in [6, 6.07) is 4.78. The Morgan fingerprint density at radius 1 is 1.30 bits per heavy atom. The van der Waals surface area contributed by atoms with Crippen molar-refractivity contribution in [2.24, 2.45) is 7.05 Å². The van der Waals surface area contributed by atoms with Gasteiger partial charge < -0.3 is 10.5 Å². The SMILES string of the molecule is COc1cc(-c2c(C(F)(F)F)nn(C)c2N)ccc1C. The molecule has 0 aliphatic carbocycles. The molecule has 2 rings (SSSR count). The first-order valence-corrected chi connectivity index (χ1v) is 5.80. The predicted molar refractivity (Wildman–Crippen MR) is 69.3 cm³/mol. The van der Waals surface area contributed by atoms with Crippen molar-refractivity contribution in [1.29, 1.82) is 0 Å². The minimum Gasteiger partial charge on any atom is -0.496 e. The number of benzene rings is 1. The number of nitrogens with zero attached hydrogens (tertiary/aromatic N) is 2. The van der Waals surface area contributed by atoms with Crippen molar-refractivity contribution >= 4 is 5.82 Å². The number of aryl methyl sites for hydroxylation is 2. The summed E-state index contributed by atoms with van der Waals surface area (Å²) in [6.45, 7) is 1.81. The number of alkyl halides is 3. The zero-order valence-electron chi connectivity index (χ0n) is 11.2. The summed E-state index contributed by atoms with van der Waals surface area (Å²) in [6.07, 6.45) is -4.57. The third kappa shape index (κ3) is 2.31. The summed E-state index contributed by atoms with van der Waals surface area (Å²) in [5.74, 6) is 0.460. The third-order valence-corrected chi connectivity index (χ3v) is 3.06. The van der Waals surface area contributed by atoms with Crippen LogP contribution in [0.25, 0.3) is 11.1 Å². The highest BCUT2D eigenvalue weighted by Crippen LogP contribution is 2.40. The second kappa shape index (κ2) is 4.73. The number of nitrogens with two attached hydrogens (primary N) is 1. The Balaban J connectivity index is 2.69. The van der Waals surface area contributed by atoms with Crippen LogP contribution in [0.5, 0.6) is 5.75 Å². The standard InChI is InChI=1S/C13H14F3N3O/c1-7-4-5-8(6-9(7)20-3)10-11(13(14,15)16)18-19(2)12(10)17/h4-6H,17H2,1-3H3. The van der Waals surface area contributed by atoms with Crippen molar-refractivity contribution in [2.75, 3.05) is 12.8 Å². The Labute approximate surface area is 114 Å². The average Bonchev–Trinajstić information content (AvgIpc) is 2.67. The quantitative estimate of drug-likeness (QED) is 0.922. The lowest BCUT2D eigenvalue weighted by molar-refractivity contribution is -0.140. The minimum absolute atomic E-state index is 0.0387. The number of methoxy groups -OCH3 is 1. The Morgan fingerprint density at radius 3 is 2.50 bits per heavy atom. The molecule has 20 heavy (non-hydrogen) atoms. The number of rotatable bonds is 2. The van der Waals surface area contributed by atoms with Crippen LogP contribution in [0.15, 0.2) is 18.2 Å². The first kappa shape index (κ1) is 14.2. The molecule has 0 bridgehead atoms. The van der Waals surface area contributed by atoms with Gasteiger partial charge in [-0.2, -0.15) is 18.3 Å². The van der Waals surface area contributed by atoms with Crippen LogP contribution in [0.4, 0.5) is 19.0 Å². The largest absolute Gasteiger partial charge is 0.496 e. The van der Waals surface area contributed by atoms with Gasteiger partial charge in [-0.05, 0) is 24.1 Å². The zero-order valence-corrected chi connectivity index (χ0v) is 11.2. The van der Waals surface area contributed by atoms with Gasteiger partial charge in [-0.15, -0.1) is 0 Å². The van der Waals surface area contributed by atoms with E-state index >= 15 is 0 Å². The molecule has 1 heterocycles. The van der Waals surface area contributed by atoms with Crippen molar-refractivity contribution < 1.29 is 17.9 Å². The highest BCUT2D eigenvalue weighted by atomic mass is 19.4. The molecule has 0 atom stereocenters. The fourth-order valence-corrected chi connectivity index (χ4v) is 2.00. The van der Waals surface area contributed by atoms with Gasteiger partial charge in [-0.3, -0.25) is 4.68 Å². The van der Waals surface area contributed by atoms with Crippen LogP contribution < -0.4 is 10.5 Å². The molecule has 108 valence electrons. The van der Waals surface area contributed by atoms with Crippen molar-refractivity contribution in [3.8, 4) is 16.9 Å². The molecule has 1 aromatic heterocycles. The Kier molecular flexibility index (Phi) is 3.37. The van der Waals surface area contributed by atoms with Crippen LogP contribution in [0, 0.1) is 6.92 Å². The fourth-order valence-electron chi connectivity index (χ4n) is 2.00. The Hall–Kier alpha value is -2.18. The van der Waals surface area contributed by atoms with Crippen LogP contribution in [0.2, 0.25) is 0 Å². The maximum atomic E-state index is 13.0. The van der Waals surface area contributed by atoms with E-state index in [2.05, 4.69) is 5.10 Å². The van der Waals surface area contributed by atoms with Gasteiger partial charge in [0.05, 0.1) is 12.7 Å². The number of halogens is 3. The molecule has 7 heteroatoms. The maximum absolute atomic E-state index is 13.0. The fraction of sp³-hybridized carbons (Fsp3) is 0.308. The summed E-state index contributed by atoms with van der Waals surface area (Å²) in [5, 5.41) is 3.46. The number of anilines is 1. The van der Waals surface area contributed by atoms with E-state index in [0.717, 1.165) is 10.2 Å². The van der Waals surface area contributed by atoms with Gasteiger partial charge in [0.15, 0.2) is 5.69 Å². The van der Waals surface area contributed by atoms with Gasteiger partial charge in [0.1, 0.15) is 11.6 Å². The van der Waals surface area contributed by atoms with E-state index in [9.17, 15) is 13.2 Å². The lowest BCUT2D eigenvalue weighted by atomic mass is 10.0. The average molecular weight is 285 g/mol. The lowest BCUT2D eigenvalue weighted by Crippen LogP contribution is -2.08. The van der Waals surface area contributed by atoms with Crippen molar-refractivity contribution in [3.05, 3.63) is 29.5 Å². The second-order valence-electron chi connectivity index (χ2n) is 4.41. The molecular weight excluding hydrogens is 271 g/mol. The molecule has 1 aromatic carbocycles. The number of nitrogen functional groups attached to an aromatic ring is 1. The Morgan fingerprint density at radius 2 is 1.95 bits per heavy atom. The predicted octanol–water partition coefficient (Wildman–Crippen LogP) is 3.01. The van der Waals surface area contributed by atoms with Gasteiger partial charge in [0, 0.05) is 7.05 Å². The van der Waals surface area contributed by atoms with E-state index in [1.54, 1.807) is 19.1 Å². The molecule has 0 radical (unpaired) electrons. The normalized spacial score (nSPS) is 11.7. The van der Waals surface area contributed by atoms with E-state index in [-0.39, 0.29) is 11.4 Å². The molecule has 4 nitrogen and oxygen atoms in total.